The lowest BCUT2D eigenvalue weighted by molar-refractivity contribution is 0.0949. The number of aromatic nitrogens is 1. The second-order valence-electron chi connectivity index (χ2n) is 8.55. The van der Waals surface area contributed by atoms with Gasteiger partial charge in [-0.1, -0.05) is 51.1 Å². The second-order valence-corrected chi connectivity index (χ2v) is 10.4. The van der Waals surface area contributed by atoms with Crippen molar-refractivity contribution in [3.8, 4) is 10.6 Å². The fraction of sp³-hybridized carbons (Fsp3) is 0.391. The quantitative estimate of drug-likeness (QED) is 0.577. The van der Waals surface area contributed by atoms with E-state index in [1.807, 2.05) is 29.0 Å². The number of fused-ring (bicyclic) bond motifs is 1. The molecule has 1 N–H and O–H groups in total. The summed E-state index contributed by atoms with van der Waals surface area (Å²) in [4.78, 5) is 18.8. The molecule has 3 aromatic rings. The molecule has 28 heavy (non-hydrogen) atoms. The normalized spacial score (nSPS) is 16.6. The van der Waals surface area contributed by atoms with Gasteiger partial charge in [0.25, 0.3) is 5.91 Å². The Morgan fingerprint density at radius 3 is 2.71 bits per heavy atom. The van der Waals surface area contributed by atoms with E-state index < -0.39 is 0 Å². The van der Waals surface area contributed by atoms with Gasteiger partial charge in [-0.3, -0.25) is 4.79 Å². The first-order chi connectivity index (χ1) is 13.4. The average Bonchev–Trinajstić information content (AvgIpc) is 3.33. The van der Waals surface area contributed by atoms with Crippen LogP contribution in [0.5, 0.6) is 0 Å². The summed E-state index contributed by atoms with van der Waals surface area (Å²) in [5.41, 5.74) is 4.49. The highest BCUT2D eigenvalue weighted by atomic mass is 32.1. The summed E-state index contributed by atoms with van der Waals surface area (Å²) in [6.45, 7) is 7.43. The number of hydrogen-bond donors (Lipinski definition) is 1. The van der Waals surface area contributed by atoms with Gasteiger partial charge in [-0.15, -0.1) is 22.7 Å². The molecule has 1 aliphatic carbocycles. The van der Waals surface area contributed by atoms with Crippen molar-refractivity contribution in [3.05, 3.63) is 62.8 Å². The third-order valence-corrected chi connectivity index (χ3v) is 7.62. The number of carbonyl (C=O) groups is 1. The van der Waals surface area contributed by atoms with Crippen molar-refractivity contribution < 1.29 is 4.79 Å². The van der Waals surface area contributed by atoms with Crippen molar-refractivity contribution in [2.45, 2.75) is 46.6 Å². The predicted molar refractivity (Wildman–Crippen MR) is 118 cm³/mol. The number of thiazole rings is 1. The monoisotopic (exact) mass is 410 g/mol. The van der Waals surface area contributed by atoms with Crippen LogP contribution in [0.15, 0.2) is 41.1 Å². The van der Waals surface area contributed by atoms with Crippen LogP contribution in [0.4, 0.5) is 0 Å². The molecule has 1 atom stereocenters. The van der Waals surface area contributed by atoms with Gasteiger partial charge in [0.15, 0.2) is 0 Å². The number of hydrogen-bond acceptors (Lipinski definition) is 4. The Bertz CT molecular complexity index is 966. The number of nitrogens with one attached hydrogen (secondary N) is 1. The molecule has 0 fully saturated rings. The number of thiophene rings is 1. The highest BCUT2D eigenvalue weighted by Gasteiger charge is 2.31. The maximum absolute atomic E-state index is 12.8. The summed E-state index contributed by atoms with van der Waals surface area (Å²) in [6, 6.07) is 10.2. The van der Waals surface area contributed by atoms with E-state index in [4.69, 9.17) is 0 Å². The lowest BCUT2D eigenvalue weighted by atomic mass is 9.72. The fourth-order valence-corrected chi connectivity index (χ4v) is 5.80. The summed E-state index contributed by atoms with van der Waals surface area (Å²) < 4.78 is 0. The van der Waals surface area contributed by atoms with E-state index >= 15 is 0 Å². The van der Waals surface area contributed by atoms with Gasteiger partial charge in [0.2, 0.25) is 0 Å². The van der Waals surface area contributed by atoms with Crippen molar-refractivity contribution in [3.63, 3.8) is 0 Å². The van der Waals surface area contributed by atoms with Crippen molar-refractivity contribution >= 4 is 28.6 Å². The van der Waals surface area contributed by atoms with Crippen LogP contribution in [0.3, 0.4) is 0 Å². The minimum Gasteiger partial charge on any atom is -0.346 e. The van der Waals surface area contributed by atoms with E-state index in [0.717, 1.165) is 34.7 Å². The Morgan fingerprint density at radius 1 is 1.18 bits per heavy atom. The Hall–Kier alpha value is -1.98. The van der Waals surface area contributed by atoms with Gasteiger partial charge in [0, 0.05) is 21.2 Å². The van der Waals surface area contributed by atoms with Crippen molar-refractivity contribution in [1.82, 2.24) is 10.3 Å². The zero-order chi connectivity index (χ0) is 19.7. The summed E-state index contributed by atoms with van der Waals surface area (Å²) in [6.07, 6.45) is 3.28. The number of carbonyl (C=O) groups excluding carboxylic acids is 1. The van der Waals surface area contributed by atoms with Crippen LogP contribution in [0.1, 0.15) is 53.7 Å². The molecule has 0 saturated heterocycles. The minimum absolute atomic E-state index is 0.0287. The van der Waals surface area contributed by atoms with Crippen LogP contribution >= 0.6 is 22.7 Å². The zero-order valence-corrected chi connectivity index (χ0v) is 18.3. The second kappa shape index (κ2) is 7.80. The van der Waals surface area contributed by atoms with E-state index in [2.05, 4.69) is 43.2 Å². The SMILES string of the molecule is CC(C)(C)[C@H]1CCc2c(C(=O)NCc3csc(-c4ccccc4)n3)csc2C1. The van der Waals surface area contributed by atoms with Gasteiger partial charge in [-0.05, 0) is 36.2 Å². The van der Waals surface area contributed by atoms with Gasteiger partial charge in [0.1, 0.15) is 5.01 Å². The first-order valence-electron chi connectivity index (χ1n) is 9.79. The smallest absolute Gasteiger partial charge is 0.252 e. The third kappa shape index (κ3) is 4.06. The largest absolute Gasteiger partial charge is 0.346 e. The van der Waals surface area contributed by atoms with Crippen LogP contribution in [0, 0.1) is 11.3 Å². The van der Waals surface area contributed by atoms with Gasteiger partial charge in [0.05, 0.1) is 17.8 Å². The molecule has 146 valence electrons. The van der Waals surface area contributed by atoms with Gasteiger partial charge in [-0.25, -0.2) is 4.98 Å². The molecule has 0 unspecified atom stereocenters. The minimum atomic E-state index is 0.0287. The van der Waals surface area contributed by atoms with E-state index in [9.17, 15) is 4.79 Å². The molecular formula is C23H26N2OS2. The fourth-order valence-electron chi connectivity index (χ4n) is 3.81. The summed E-state index contributed by atoms with van der Waals surface area (Å²) >= 11 is 3.37. The standard InChI is InChI=1S/C23H26N2OS2/c1-23(2,3)16-9-10-18-19(14-27-20(18)11-16)21(26)24-12-17-13-28-22(25-17)15-7-5-4-6-8-15/h4-8,13-14,16H,9-12H2,1-3H3,(H,24,26)/t16-/m0/s1. The Morgan fingerprint density at radius 2 is 1.96 bits per heavy atom. The first kappa shape index (κ1) is 19.3. The molecule has 1 aliphatic rings. The molecule has 1 aromatic carbocycles. The van der Waals surface area contributed by atoms with Crippen LogP contribution in [-0.4, -0.2) is 10.9 Å². The maximum Gasteiger partial charge on any atom is 0.252 e. The molecule has 0 radical (unpaired) electrons. The van der Waals surface area contributed by atoms with E-state index in [1.54, 1.807) is 22.7 Å². The maximum atomic E-state index is 12.8. The predicted octanol–water partition coefficient (Wildman–Crippen LogP) is 5.95. The Labute approximate surface area is 174 Å². The van der Waals surface area contributed by atoms with E-state index in [-0.39, 0.29) is 5.91 Å². The molecular weight excluding hydrogens is 384 g/mol. The molecule has 0 bridgehead atoms. The van der Waals surface area contributed by atoms with E-state index in [1.165, 1.54) is 16.9 Å². The average molecular weight is 411 g/mol. The van der Waals surface area contributed by atoms with Gasteiger partial charge in [-0.2, -0.15) is 0 Å². The highest BCUT2D eigenvalue weighted by Crippen LogP contribution is 2.40. The number of benzene rings is 1. The number of nitrogens with zero attached hydrogens (tertiary/aromatic N) is 1. The number of rotatable bonds is 4. The summed E-state index contributed by atoms with van der Waals surface area (Å²) in [5.74, 6) is 0.724. The summed E-state index contributed by atoms with van der Waals surface area (Å²) in [7, 11) is 0. The van der Waals surface area contributed by atoms with Crippen LogP contribution < -0.4 is 5.32 Å². The van der Waals surface area contributed by atoms with Crippen molar-refractivity contribution in [1.29, 1.82) is 0 Å². The molecule has 0 aliphatic heterocycles. The molecule has 0 saturated carbocycles. The molecule has 4 rings (SSSR count). The molecule has 3 nitrogen and oxygen atoms in total. The molecule has 1 amide bonds. The van der Waals surface area contributed by atoms with Crippen molar-refractivity contribution in [2.75, 3.05) is 0 Å². The van der Waals surface area contributed by atoms with Crippen LogP contribution in [0.25, 0.3) is 10.6 Å². The molecule has 0 spiro atoms. The summed E-state index contributed by atoms with van der Waals surface area (Å²) in [5, 5.41) is 8.13. The lowest BCUT2D eigenvalue weighted by Gasteiger charge is -2.34. The molecule has 2 heterocycles. The number of amides is 1. The first-order valence-corrected chi connectivity index (χ1v) is 11.5. The zero-order valence-electron chi connectivity index (χ0n) is 16.6. The van der Waals surface area contributed by atoms with Crippen LogP contribution in [-0.2, 0) is 19.4 Å². The molecule has 5 heteroatoms. The van der Waals surface area contributed by atoms with Gasteiger partial charge < -0.3 is 5.32 Å². The molecule has 2 aromatic heterocycles. The highest BCUT2D eigenvalue weighted by molar-refractivity contribution is 7.13. The Kier molecular flexibility index (Phi) is 5.39. The van der Waals surface area contributed by atoms with Crippen molar-refractivity contribution in [2.24, 2.45) is 11.3 Å². The topological polar surface area (TPSA) is 42.0 Å². The third-order valence-electron chi connectivity index (χ3n) is 5.63. The Balaban J connectivity index is 1.41. The lowest BCUT2D eigenvalue weighted by Crippen LogP contribution is -2.28. The van der Waals surface area contributed by atoms with Gasteiger partial charge >= 0.3 is 0 Å². The van der Waals surface area contributed by atoms with E-state index in [0.29, 0.717) is 17.9 Å². The van der Waals surface area contributed by atoms with Crippen LogP contribution in [0.2, 0.25) is 0 Å².